The molecule has 0 atom stereocenters. The first-order chi connectivity index (χ1) is 10.8. The van der Waals surface area contributed by atoms with Crippen LogP contribution in [0.25, 0.3) is 11.3 Å². The lowest BCUT2D eigenvalue weighted by Crippen LogP contribution is -2.41. The van der Waals surface area contributed by atoms with Gasteiger partial charge in [0.15, 0.2) is 0 Å². The molecule has 22 heavy (non-hydrogen) atoms. The Kier molecular flexibility index (Phi) is 4.29. The summed E-state index contributed by atoms with van der Waals surface area (Å²) in [6.45, 7) is 2.31. The largest absolute Gasteiger partial charge is 0.497 e. The molecule has 1 amide bonds. The Hall–Kier alpha value is -2.47. The van der Waals surface area contributed by atoms with Crippen LogP contribution in [0.15, 0.2) is 36.7 Å². The molecule has 1 aromatic heterocycles. The van der Waals surface area contributed by atoms with Crippen molar-refractivity contribution in [3.8, 4) is 17.0 Å². The molecule has 1 aliphatic heterocycles. The lowest BCUT2D eigenvalue weighted by Gasteiger charge is -2.26. The van der Waals surface area contributed by atoms with E-state index in [4.69, 9.17) is 9.47 Å². The Bertz CT molecular complexity index is 652. The summed E-state index contributed by atoms with van der Waals surface area (Å²) < 4.78 is 10.4. The van der Waals surface area contributed by atoms with E-state index < -0.39 is 0 Å². The van der Waals surface area contributed by atoms with Crippen LogP contribution in [0.4, 0.5) is 0 Å². The summed E-state index contributed by atoms with van der Waals surface area (Å²) in [7, 11) is 1.62. The highest BCUT2D eigenvalue weighted by Crippen LogP contribution is 2.20. The van der Waals surface area contributed by atoms with Crippen molar-refractivity contribution in [1.29, 1.82) is 0 Å². The Labute approximate surface area is 128 Å². The van der Waals surface area contributed by atoms with Gasteiger partial charge in [0.05, 0.1) is 38.4 Å². The summed E-state index contributed by atoms with van der Waals surface area (Å²) >= 11 is 0. The second kappa shape index (κ2) is 6.53. The van der Waals surface area contributed by atoms with E-state index in [-0.39, 0.29) is 5.91 Å². The maximum Gasteiger partial charge on any atom is 0.274 e. The Morgan fingerprint density at radius 1 is 1.18 bits per heavy atom. The van der Waals surface area contributed by atoms with Crippen molar-refractivity contribution in [1.82, 2.24) is 14.9 Å². The van der Waals surface area contributed by atoms with Crippen LogP contribution in [0, 0.1) is 0 Å². The molecule has 0 saturated carbocycles. The van der Waals surface area contributed by atoms with E-state index >= 15 is 0 Å². The molecule has 1 saturated heterocycles. The minimum atomic E-state index is -0.105. The number of benzene rings is 1. The number of carbonyl (C=O) groups is 1. The number of methoxy groups -OCH3 is 1. The van der Waals surface area contributed by atoms with Crippen molar-refractivity contribution in [2.45, 2.75) is 0 Å². The second-order valence-corrected chi connectivity index (χ2v) is 4.92. The topological polar surface area (TPSA) is 64.5 Å². The fourth-order valence-electron chi connectivity index (χ4n) is 2.30. The lowest BCUT2D eigenvalue weighted by atomic mass is 10.1. The smallest absolute Gasteiger partial charge is 0.274 e. The zero-order valence-corrected chi connectivity index (χ0v) is 12.4. The van der Waals surface area contributed by atoms with Crippen LogP contribution in [0.3, 0.4) is 0 Å². The molecule has 2 heterocycles. The molecule has 0 bridgehead atoms. The third-order valence-electron chi connectivity index (χ3n) is 3.54. The Balaban J connectivity index is 1.83. The summed E-state index contributed by atoms with van der Waals surface area (Å²) in [4.78, 5) is 22.8. The maximum absolute atomic E-state index is 12.4. The van der Waals surface area contributed by atoms with E-state index in [2.05, 4.69) is 9.97 Å². The van der Waals surface area contributed by atoms with Crippen LogP contribution in [0.1, 0.15) is 10.5 Å². The molecule has 0 N–H and O–H groups in total. The number of ether oxygens (including phenoxy) is 2. The first-order valence-corrected chi connectivity index (χ1v) is 7.11. The number of nitrogens with zero attached hydrogens (tertiary/aromatic N) is 3. The van der Waals surface area contributed by atoms with Crippen LogP contribution >= 0.6 is 0 Å². The Morgan fingerprint density at radius 2 is 1.91 bits per heavy atom. The van der Waals surface area contributed by atoms with Gasteiger partial charge in [0.1, 0.15) is 11.4 Å². The predicted molar refractivity (Wildman–Crippen MR) is 80.7 cm³/mol. The average molecular weight is 299 g/mol. The van der Waals surface area contributed by atoms with Gasteiger partial charge >= 0.3 is 0 Å². The van der Waals surface area contributed by atoms with Gasteiger partial charge in [-0.05, 0) is 24.3 Å². The minimum Gasteiger partial charge on any atom is -0.497 e. The average Bonchev–Trinajstić information content (AvgIpc) is 2.62. The first kappa shape index (κ1) is 14.5. The molecule has 6 nitrogen and oxygen atoms in total. The highest BCUT2D eigenvalue weighted by atomic mass is 16.5. The summed E-state index contributed by atoms with van der Waals surface area (Å²) in [6, 6.07) is 7.50. The molecular weight excluding hydrogens is 282 g/mol. The van der Waals surface area contributed by atoms with Gasteiger partial charge in [-0.15, -0.1) is 0 Å². The minimum absolute atomic E-state index is 0.105. The van der Waals surface area contributed by atoms with Gasteiger partial charge in [-0.25, -0.2) is 4.98 Å². The fourth-order valence-corrected chi connectivity index (χ4v) is 2.30. The molecular formula is C16H17N3O3. The molecule has 0 aliphatic carbocycles. The standard InChI is InChI=1S/C16H17N3O3/c1-21-13-4-2-12(3-5-13)14-10-17-11-15(18-14)16(20)19-6-8-22-9-7-19/h2-5,10-11H,6-9H2,1H3. The van der Waals surface area contributed by atoms with Crippen LogP contribution in [-0.2, 0) is 4.74 Å². The molecule has 0 unspecified atom stereocenters. The lowest BCUT2D eigenvalue weighted by molar-refractivity contribution is 0.0299. The van der Waals surface area contributed by atoms with Crippen LogP contribution in [-0.4, -0.2) is 54.2 Å². The van der Waals surface area contributed by atoms with E-state index in [0.29, 0.717) is 37.7 Å². The van der Waals surface area contributed by atoms with Gasteiger partial charge in [0.25, 0.3) is 5.91 Å². The zero-order valence-electron chi connectivity index (χ0n) is 12.4. The van der Waals surface area contributed by atoms with E-state index in [0.717, 1.165) is 11.3 Å². The van der Waals surface area contributed by atoms with Crippen molar-refractivity contribution in [2.24, 2.45) is 0 Å². The van der Waals surface area contributed by atoms with Crippen LogP contribution < -0.4 is 4.74 Å². The van der Waals surface area contributed by atoms with Gasteiger partial charge in [0.2, 0.25) is 0 Å². The zero-order chi connectivity index (χ0) is 15.4. The van der Waals surface area contributed by atoms with Crippen LogP contribution in [0.5, 0.6) is 5.75 Å². The van der Waals surface area contributed by atoms with Gasteiger partial charge in [-0.2, -0.15) is 0 Å². The van der Waals surface area contributed by atoms with Crippen LogP contribution in [0.2, 0.25) is 0 Å². The number of hydrogen-bond acceptors (Lipinski definition) is 5. The highest BCUT2D eigenvalue weighted by Gasteiger charge is 2.20. The molecule has 6 heteroatoms. The van der Waals surface area contributed by atoms with Gasteiger partial charge in [-0.1, -0.05) is 0 Å². The quantitative estimate of drug-likeness (QED) is 0.862. The molecule has 114 valence electrons. The third-order valence-corrected chi connectivity index (χ3v) is 3.54. The van der Waals surface area contributed by atoms with Crippen molar-refractivity contribution in [3.63, 3.8) is 0 Å². The van der Waals surface area contributed by atoms with Gasteiger partial charge < -0.3 is 14.4 Å². The summed E-state index contributed by atoms with van der Waals surface area (Å²) in [6.07, 6.45) is 3.16. The SMILES string of the molecule is COc1ccc(-c2cncc(C(=O)N3CCOCC3)n2)cc1. The molecule has 0 spiro atoms. The number of rotatable bonds is 3. The molecule has 1 fully saturated rings. The fraction of sp³-hybridized carbons (Fsp3) is 0.312. The number of carbonyl (C=O) groups excluding carboxylic acids is 1. The van der Waals surface area contributed by atoms with Crippen molar-refractivity contribution >= 4 is 5.91 Å². The highest BCUT2D eigenvalue weighted by molar-refractivity contribution is 5.92. The number of morpholine rings is 1. The first-order valence-electron chi connectivity index (χ1n) is 7.11. The summed E-state index contributed by atoms with van der Waals surface area (Å²) in [5.41, 5.74) is 1.92. The molecule has 0 radical (unpaired) electrons. The summed E-state index contributed by atoms with van der Waals surface area (Å²) in [5, 5.41) is 0. The second-order valence-electron chi connectivity index (χ2n) is 4.92. The van der Waals surface area contributed by atoms with E-state index in [1.165, 1.54) is 6.20 Å². The molecule has 3 rings (SSSR count). The normalized spacial score (nSPS) is 14.7. The number of amides is 1. The monoisotopic (exact) mass is 299 g/mol. The van der Waals surface area contributed by atoms with Crippen molar-refractivity contribution < 1.29 is 14.3 Å². The predicted octanol–water partition coefficient (Wildman–Crippen LogP) is 1.62. The molecule has 1 aliphatic rings. The number of hydrogen-bond donors (Lipinski definition) is 0. The van der Waals surface area contributed by atoms with E-state index in [1.54, 1.807) is 18.2 Å². The van der Waals surface area contributed by atoms with Crippen molar-refractivity contribution in [3.05, 3.63) is 42.4 Å². The molecule has 1 aromatic carbocycles. The van der Waals surface area contributed by atoms with Crippen molar-refractivity contribution in [2.75, 3.05) is 33.4 Å². The third kappa shape index (κ3) is 3.07. The summed E-state index contributed by atoms with van der Waals surface area (Å²) in [5.74, 6) is 0.670. The van der Waals surface area contributed by atoms with E-state index in [9.17, 15) is 4.79 Å². The van der Waals surface area contributed by atoms with E-state index in [1.807, 2.05) is 24.3 Å². The Morgan fingerprint density at radius 3 is 2.59 bits per heavy atom. The van der Waals surface area contributed by atoms with Gasteiger partial charge in [-0.3, -0.25) is 9.78 Å². The molecule has 2 aromatic rings. The maximum atomic E-state index is 12.4. The number of aromatic nitrogens is 2. The van der Waals surface area contributed by atoms with Gasteiger partial charge in [0, 0.05) is 18.7 Å².